The van der Waals surface area contributed by atoms with Crippen molar-refractivity contribution >= 4 is 16.5 Å². The first-order valence-corrected chi connectivity index (χ1v) is 5.92. The summed E-state index contributed by atoms with van der Waals surface area (Å²) >= 11 is 0. The van der Waals surface area contributed by atoms with Crippen molar-refractivity contribution in [2.24, 2.45) is 5.16 Å². The molecule has 0 aromatic heterocycles. The van der Waals surface area contributed by atoms with Crippen LogP contribution in [0.25, 0.3) is 10.8 Å². The summed E-state index contributed by atoms with van der Waals surface area (Å²) in [6.07, 6.45) is -5.59. The molecule has 3 nitrogen and oxygen atoms in total. The molecule has 2 aromatic rings. The van der Waals surface area contributed by atoms with Crippen LogP contribution >= 0.6 is 0 Å². The van der Waals surface area contributed by atoms with Gasteiger partial charge >= 0.3 is 12.0 Å². The highest BCUT2D eigenvalue weighted by molar-refractivity contribution is 6.04. The van der Waals surface area contributed by atoms with Crippen molar-refractivity contribution in [3.63, 3.8) is 0 Å². The van der Waals surface area contributed by atoms with Gasteiger partial charge in [-0.15, -0.1) is 0 Å². The van der Waals surface area contributed by atoms with Gasteiger partial charge in [-0.3, -0.25) is 0 Å². The predicted molar refractivity (Wildman–Crippen MR) is 67.2 cm³/mol. The number of hydrogen-bond donors (Lipinski definition) is 1. The number of rotatable bonds is 1. The topological polar surface area (TPSA) is 41.8 Å². The van der Waals surface area contributed by atoms with E-state index in [1.807, 2.05) is 24.3 Å². The third kappa shape index (κ3) is 2.02. The van der Waals surface area contributed by atoms with E-state index in [1.54, 1.807) is 18.2 Å². The van der Waals surface area contributed by atoms with Gasteiger partial charge in [-0.25, -0.2) is 0 Å². The second kappa shape index (κ2) is 4.21. The van der Waals surface area contributed by atoms with Crippen LogP contribution in [0.4, 0.5) is 13.2 Å². The molecule has 1 heterocycles. The van der Waals surface area contributed by atoms with Crippen LogP contribution in [0.15, 0.2) is 47.6 Å². The molecule has 1 atom stereocenters. The van der Waals surface area contributed by atoms with Crippen molar-refractivity contribution < 1.29 is 23.1 Å². The Morgan fingerprint density at radius 2 is 1.80 bits per heavy atom. The lowest BCUT2D eigenvalue weighted by atomic mass is 9.99. The summed E-state index contributed by atoms with van der Waals surface area (Å²) in [5, 5.41) is 14.6. The van der Waals surface area contributed by atoms with Crippen molar-refractivity contribution in [2.75, 3.05) is 0 Å². The van der Waals surface area contributed by atoms with Crippen LogP contribution in [0.5, 0.6) is 0 Å². The Morgan fingerprint density at radius 1 is 1.10 bits per heavy atom. The predicted octanol–water partition coefficient (Wildman–Crippen LogP) is 3.22. The van der Waals surface area contributed by atoms with Crippen LogP contribution < -0.4 is 0 Å². The van der Waals surface area contributed by atoms with E-state index in [2.05, 4.69) is 9.99 Å². The Bertz CT molecular complexity index is 696. The Balaban J connectivity index is 1.94. The highest BCUT2D eigenvalue weighted by Crippen LogP contribution is 2.39. The fraction of sp³-hybridized carbons (Fsp3) is 0.214. The van der Waals surface area contributed by atoms with Crippen LogP contribution in [-0.4, -0.2) is 22.8 Å². The van der Waals surface area contributed by atoms with Crippen LogP contribution in [0.3, 0.4) is 0 Å². The molecule has 0 bridgehead atoms. The average molecular weight is 281 g/mol. The molecule has 0 unspecified atom stereocenters. The molecule has 0 saturated carbocycles. The van der Waals surface area contributed by atoms with Crippen LogP contribution in [-0.2, 0) is 4.84 Å². The summed E-state index contributed by atoms with van der Waals surface area (Å²) in [7, 11) is 0. The highest BCUT2D eigenvalue weighted by atomic mass is 19.4. The maximum atomic E-state index is 12.6. The number of nitrogens with zero attached hydrogens (tertiary/aromatic N) is 1. The second-order valence-corrected chi connectivity index (χ2v) is 4.65. The molecular formula is C14H10F3NO2. The molecule has 1 N–H and O–H groups in total. The van der Waals surface area contributed by atoms with Crippen LogP contribution in [0.1, 0.15) is 12.0 Å². The third-order valence-corrected chi connectivity index (χ3v) is 3.24. The lowest BCUT2D eigenvalue weighted by Crippen LogP contribution is -2.45. The van der Waals surface area contributed by atoms with E-state index in [1.165, 1.54) is 0 Å². The molecule has 0 spiro atoms. The summed E-state index contributed by atoms with van der Waals surface area (Å²) in [6.45, 7) is 0. The number of benzene rings is 2. The summed E-state index contributed by atoms with van der Waals surface area (Å²) in [5.74, 6) is -3.23. The third-order valence-electron chi connectivity index (χ3n) is 3.24. The Hall–Kier alpha value is -2.08. The van der Waals surface area contributed by atoms with E-state index in [4.69, 9.17) is 0 Å². The Kier molecular flexibility index (Phi) is 2.72. The molecule has 2 aromatic carbocycles. The minimum absolute atomic E-state index is 0.0792. The SMILES string of the molecule is O[C@@]1(C(F)(F)F)CC(c2ccc3ccccc3c2)=NO1. The zero-order valence-electron chi connectivity index (χ0n) is 10.2. The molecule has 20 heavy (non-hydrogen) atoms. The fourth-order valence-electron chi connectivity index (χ4n) is 2.10. The first-order valence-electron chi connectivity index (χ1n) is 5.92. The van der Waals surface area contributed by atoms with Gasteiger partial charge in [0.05, 0.1) is 12.1 Å². The molecule has 0 amide bonds. The number of aliphatic hydroxyl groups is 1. The van der Waals surface area contributed by atoms with Gasteiger partial charge in [0.2, 0.25) is 0 Å². The van der Waals surface area contributed by atoms with Crippen LogP contribution in [0, 0.1) is 0 Å². The maximum absolute atomic E-state index is 12.6. The zero-order valence-corrected chi connectivity index (χ0v) is 10.2. The Labute approximate surface area is 112 Å². The smallest absolute Gasteiger partial charge is 0.350 e. The van der Waals surface area contributed by atoms with Gasteiger partial charge in [0.15, 0.2) is 0 Å². The van der Waals surface area contributed by atoms with Gasteiger partial charge in [-0.1, -0.05) is 41.6 Å². The Morgan fingerprint density at radius 3 is 2.45 bits per heavy atom. The van der Waals surface area contributed by atoms with E-state index in [-0.39, 0.29) is 5.71 Å². The molecule has 0 saturated heterocycles. The van der Waals surface area contributed by atoms with E-state index in [9.17, 15) is 18.3 Å². The molecule has 1 aliphatic heterocycles. The first-order chi connectivity index (χ1) is 9.39. The monoisotopic (exact) mass is 281 g/mol. The van der Waals surface area contributed by atoms with Crippen molar-refractivity contribution in [2.45, 2.75) is 18.4 Å². The molecule has 0 aliphatic carbocycles. The number of alkyl halides is 3. The standard InChI is InChI=1S/C14H10F3NO2/c15-14(16,17)13(19)8-12(18-20-13)11-6-5-9-3-1-2-4-10(9)7-11/h1-7,19H,8H2/t13-/m0/s1. The summed E-state index contributed by atoms with van der Waals surface area (Å²) in [5.41, 5.74) is 0.583. The van der Waals surface area contributed by atoms with Crippen molar-refractivity contribution in [3.05, 3.63) is 48.0 Å². The molecule has 6 heteroatoms. The van der Waals surface area contributed by atoms with Crippen molar-refractivity contribution in [3.8, 4) is 0 Å². The first kappa shape index (κ1) is 12.9. The lowest BCUT2D eigenvalue weighted by Gasteiger charge is -2.22. The molecule has 1 aliphatic rings. The van der Waals surface area contributed by atoms with E-state index < -0.39 is 18.4 Å². The average Bonchev–Trinajstić information content (AvgIpc) is 2.82. The van der Waals surface area contributed by atoms with Gasteiger partial charge in [0, 0.05) is 5.56 Å². The quantitative estimate of drug-likeness (QED) is 0.872. The number of halogens is 3. The van der Waals surface area contributed by atoms with Gasteiger partial charge < -0.3 is 9.94 Å². The van der Waals surface area contributed by atoms with Gasteiger partial charge in [-0.05, 0) is 16.8 Å². The maximum Gasteiger partial charge on any atom is 0.458 e. The normalized spacial score (nSPS) is 22.7. The van der Waals surface area contributed by atoms with Gasteiger partial charge in [-0.2, -0.15) is 13.2 Å². The summed E-state index contributed by atoms with van der Waals surface area (Å²) < 4.78 is 37.9. The van der Waals surface area contributed by atoms with Crippen molar-refractivity contribution in [1.82, 2.24) is 0 Å². The molecule has 104 valence electrons. The second-order valence-electron chi connectivity index (χ2n) is 4.65. The molecular weight excluding hydrogens is 271 g/mol. The number of fused-ring (bicyclic) bond motifs is 1. The molecule has 0 radical (unpaired) electrons. The fourth-order valence-corrected chi connectivity index (χ4v) is 2.10. The van der Waals surface area contributed by atoms with E-state index in [0.29, 0.717) is 5.56 Å². The number of hydrogen-bond acceptors (Lipinski definition) is 3. The molecule has 3 rings (SSSR count). The number of oxime groups is 1. The van der Waals surface area contributed by atoms with E-state index in [0.717, 1.165) is 10.8 Å². The summed E-state index contributed by atoms with van der Waals surface area (Å²) in [4.78, 5) is 4.20. The lowest BCUT2D eigenvalue weighted by molar-refractivity contribution is -0.355. The highest BCUT2D eigenvalue weighted by Gasteiger charge is 2.60. The largest absolute Gasteiger partial charge is 0.458 e. The van der Waals surface area contributed by atoms with E-state index >= 15 is 0 Å². The summed E-state index contributed by atoms with van der Waals surface area (Å²) in [6, 6.07) is 12.6. The van der Waals surface area contributed by atoms with Gasteiger partial charge in [0.25, 0.3) is 0 Å². The minimum Gasteiger partial charge on any atom is -0.350 e. The van der Waals surface area contributed by atoms with Crippen LogP contribution in [0.2, 0.25) is 0 Å². The minimum atomic E-state index is -4.88. The molecule has 0 fully saturated rings. The van der Waals surface area contributed by atoms with Crippen molar-refractivity contribution in [1.29, 1.82) is 0 Å². The zero-order chi connectivity index (χ0) is 14.4. The van der Waals surface area contributed by atoms with Gasteiger partial charge in [0.1, 0.15) is 0 Å².